The second-order valence-electron chi connectivity index (χ2n) is 6.08. The number of aromatic amines is 1. The van der Waals surface area contributed by atoms with Crippen LogP contribution in [-0.4, -0.2) is 21.1 Å². The van der Waals surface area contributed by atoms with Crippen molar-refractivity contribution in [2.24, 2.45) is 0 Å². The van der Waals surface area contributed by atoms with Crippen LogP contribution < -0.4 is 5.32 Å². The fraction of sp³-hybridized carbons (Fsp3) is 0.0500. The molecule has 0 spiro atoms. The summed E-state index contributed by atoms with van der Waals surface area (Å²) in [5, 5.41) is 10.1. The number of benzene rings is 2. The lowest BCUT2D eigenvalue weighted by Crippen LogP contribution is -2.13. The fourth-order valence-electron chi connectivity index (χ4n) is 2.81. The van der Waals surface area contributed by atoms with Crippen molar-refractivity contribution in [3.8, 4) is 11.1 Å². The van der Waals surface area contributed by atoms with Gasteiger partial charge in [-0.3, -0.25) is 14.9 Å². The molecule has 27 heavy (non-hydrogen) atoms. The Morgan fingerprint density at radius 2 is 1.96 bits per heavy atom. The number of pyridine rings is 1. The molecule has 0 bridgehead atoms. The van der Waals surface area contributed by atoms with Gasteiger partial charge in [0.25, 0.3) is 5.91 Å². The summed E-state index contributed by atoms with van der Waals surface area (Å²) in [4.78, 5) is 16.7. The molecule has 0 radical (unpaired) electrons. The van der Waals surface area contributed by atoms with Crippen LogP contribution in [0.1, 0.15) is 16.2 Å². The monoisotopic (exact) mass is 364 g/mol. The largest absolute Gasteiger partial charge is 0.319 e. The molecule has 5 nitrogen and oxygen atoms in total. The maximum Gasteiger partial charge on any atom is 0.276 e. The van der Waals surface area contributed by atoms with E-state index >= 15 is 0 Å². The first-order chi connectivity index (χ1) is 13.0. The van der Waals surface area contributed by atoms with Gasteiger partial charge >= 0.3 is 0 Å². The highest BCUT2D eigenvalue weighted by Crippen LogP contribution is 2.28. The molecular formula is C20H14F2N4O. The van der Waals surface area contributed by atoms with Gasteiger partial charge in [0.15, 0.2) is 17.3 Å². The standard InChI is InChI=1S/C20H14F2N4O/c1-11-5-7-13(10-23-11)24-20(27)19-15-9-12(6-8-17(15)25-26-19)14-3-2-4-16(21)18(14)22/h2-10H,1H3,(H,24,27)(H,25,26). The van der Waals surface area contributed by atoms with Gasteiger partial charge in [-0.2, -0.15) is 5.10 Å². The molecule has 0 saturated carbocycles. The van der Waals surface area contributed by atoms with E-state index in [-0.39, 0.29) is 11.3 Å². The van der Waals surface area contributed by atoms with Gasteiger partial charge in [0.05, 0.1) is 17.4 Å². The average Bonchev–Trinajstić information content (AvgIpc) is 3.09. The normalized spacial score (nSPS) is 10.9. The van der Waals surface area contributed by atoms with E-state index in [1.807, 2.05) is 6.92 Å². The maximum atomic E-state index is 14.1. The summed E-state index contributed by atoms with van der Waals surface area (Å²) in [6, 6.07) is 12.4. The van der Waals surface area contributed by atoms with E-state index in [4.69, 9.17) is 0 Å². The Morgan fingerprint density at radius 3 is 2.74 bits per heavy atom. The first-order valence-corrected chi connectivity index (χ1v) is 8.19. The van der Waals surface area contributed by atoms with Gasteiger partial charge in [0.1, 0.15) is 0 Å². The zero-order valence-electron chi connectivity index (χ0n) is 14.3. The predicted octanol–water partition coefficient (Wildman–Crippen LogP) is 4.46. The summed E-state index contributed by atoms with van der Waals surface area (Å²) in [5.41, 5.74) is 2.71. The minimum absolute atomic E-state index is 0.118. The fourth-order valence-corrected chi connectivity index (χ4v) is 2.81. The van der Waals surface area contributed by atoms with Gasteiger partial charge in [0.2, 0.25) is 0 Å². The number of hydrogen-bond donors (Lipinski definition) is 2. The summed E-state index contributed by atoms with van der Waals surface area (Å²) >= 11 is 0. The second kappa shape index (κ2) is 6.60. The number of fused-ring (bicyclic) bond motifs is 1. The number of rotatable bonds is 3. The number of anilines is 1. The number of nitrogens with zero attached hydrogens (tertiary/aromatic N) is 2. The molecule has 0 aliphatic heterocycles. The summed E-state index contributed by atoms with van der Waals surface area (Å²) in [6.45, 7) is 1.85. The van der Waals surface area contributed by atoms with Crippen molar-refractivity contribution in [2.45, 2.75) is 6.92 Å². The Hall–Kier alpha value is -3.61. The number of halogens is 2. The number of carbonyl (C=O) groups excluding carboxylic acids is 1. The average molecular weight is 364 g/mol. The highest BCUT2D eigenvalue weighted by Gasteiger charge is 2.17. The van der Waals surface area contributed by atoms with Crippen molar-refractivity contribution in [1.29, 1.82) is 0 Å². The van der Waals surface area contributed by atoms with E-state index in [0.717, 1.165) is 11.8 Å². The van der Waals surface area contributed by atoms with Crippen LogP contribution in [0.4, 0.5) is 14.5 Å². The molecule has 2 aromatic heterocycles. The van der Waals surface area contributed by atoms with E-state index in [1.54, 1.807) is 36.5 Å². The zero-order valence-corrected chi connectivity index (χ0v) is 14.3. The lowest BCUT2D eigenvalue weighted by molar-refractivity contribution is 0.102. The molecule has 2 heterocycles. The molecule has 0 unspecified atom stereocenters. The molecule has 4 aromatic rings. The van der Waals surface area contributed by atoms with E-state index in [9.17, 15) is 13.6 Å². The molecule has 2 aromatic carbocycles. The third kappa shape index (κ3) is 3.15. The van der Waals surface area contributed by atoms with Crippen molar-refractivity contribution in [1.82, 2.24) is 15.2 Å². The molecule has 2 N–H and O–H groups in total. The summed E-state index contributed by atoms with van der Waals surface area (Å²) in [5.74, 6) is -2.29. The van der Waals surface area contributed by atoms with Crippen LogP contribution in [0.25, 0.3) is 22.0 Å². The molecule has 1 amide bonds. The minimum atomic E-state index is -0.933. The minimum Gasteiger partial charge on any atom is -0.319 e. The number of carbonyl (C=O) groups is 1. The number of hydrogen-bond acceptors (Lipinski definition) is 3. The van der Waals surface area contributed by atoms with E-state index in [0.29, 0.717) is 22.2 Å². The third-order valence-electron chi connectivity index (χ3n) is 4.21. The van der Waals surface area contributed by atoms with Crippen LogP contribution in [0.3, 0.4) is 0 Å². The van der Waals surface area contributed by atoms with E-state index < -0.39 is 17.5 Å². The summed E-state index contributed by atoms with van der Waals surface area (Å²) < 4.78 is 27.6. The lowest BCUT2D eigenvalue weighted by Gasteiger charge is -2.06. The molecule has 7 heteroatoms. The highest BCUT2D eigenvalue weighted by atomic mass is 19.2. The Kier molecular flexibility index (Phi) is 4.12. The van der Waals surface area contributed by atoms with Gasteiger partial charge in [-0.05, 0) is 42.8 Å². The van der Waals surface area contributed by atoms with Gasteiger partial charge in [-0.1, -0.05) is 18.2 Å². The highest BCUT2D eigenvalue weighted by molar-refractivity contribution is 6.11. The molecule has 0 atom stereocenters. The smallest absolute Gasteiger partial charge is 0.276 e. The van der Waals surface area contributed by atoms with Crippen molar-refractivity contribution < 1.29 is 13.6 Å². The SMILES string of the molecule is Cc1ccc(NC(=O)c2n[nH]c3ccc(-c4cccc(F)c4F)cc23)cn1. The Bertz CT molecular complexity index is 1150. The second-order valence-corrected chi connectivity index (χ2v) is 6.08. The number of H-pyrrole nitrogens is 1. The van der Waals surface area contributed by atoms with Gasteiger partial charge in [-0.15, -0.1) is 0 Å². The number of nitrogens with one attached hydrogen (secondary N) is 2. The molecule has 134 valence electrons. The molecule has 0 aliphatic rings. The third-order valence-corrected chi connectivity index (χ3v) is 4.21. The first kappa shape index (κ1) is 16.8. The molecular weight excluding hydrogens is 350 g/mol. The molecule has 0 fully saturated rings. The van der Waals surface area contributed by atoms with E-state index in [1.165, 1.54) is 12.1 Å². The van der Waals surface area contributed by atoms with Crippen LogP contribution in [0.2, 0.25) is 0 Å². The Labute approximate surface area is 153 Å². The Balaban J connectivity index is 1.73. The number of aryl methyl sites for hydroxylation is 1. The van der Waals surface area contributed by atoms with Crippen LogP contribution in [0.5, 0.6) is 0 Å². The zero-order chi connectivity index (χ0) is 19.0. The van der Waals surface area contributed by atoms with Crippen LogP contribution in [0.15, 0.2) is 54.7 Å². The quantitative estimate of drug-likeness (QED) is 0.564. The topological polar surface area (TPSA) is 70.7 Å². The van der Waals surface area contributed by atoms with Gasteiger partial charge in [0, 0.05) is 16.6 Å². The molecule has 0 aliphatic carbocycles. The summed E-state index contributed by atoms with van der Waals surface area (Å²) in [7, 11) is 0. The van der Waals surface area contributed by atoms with Crippen LogP contribution in [-0.2, 0) is 0 Å². The van der Waals surface area contributed by atoms with Crippen LogP contribution >= 0.6 is 0 Å². The molecule has 4 rings (SSSR count). The number of amides is 1. The summed E-state index contributed by atoms with van der Waals surface area (Å²) in [6.07, 6.45) is 1.55. The Morgan fingerprint density at radius 1 is 1.11 bits per heavy atom. The molecule has 0 saturated heterocycles. The van der Waals surface area contributed by atoms with Crippen LogP contribution in [0, 0.1) is 18.6 Å². The number of aromatic nitrogens is 3. The van der Waals surface area contributed by atoms with E-state index in [2.05, 4.69) is 20.5 Å². The predicted molar refractivity (Wildman–Crippen MR) is 98.4 cm³/mol. The van der Waals surface area contributed by atoms with Gasteiger partial charge < -0.3 is 5.32 Å². The lowest BCUT2D eigenvalue weighted by atomic mass is 10.0. The van der Waals surface area contributed by atoms with Crippen molar-refractivity contribution in [3.63, 3.8) is 0 Å². The van der Waals surface area contributed by atoms with Crippen molar-refractivity contribution in [3.05, 3.63) is 77.8 Å². The van der Waals surface area contributed by atoms with Crippen molar-refractivity contribution in [2.75, 3.05) is 5.32 Å². The first-order valence-electron chi connectivity index (χ1n) is 8.19. The van der Waals surface area contributed by atoms with Crippen molar-refractivity contribution >= 4 is 22.5 Å². The van der Waals surface area contributed by atoms with Gasteiger partial charge in [-0.25, -0.2) is 8.78 Å². The maximum absolute atomic E-state index is 14.1.